The summed E-state index contributed by atoms with van der Waals surface area (Å²) in [6.07, 6.45) is 8.33. The van der Waals surface area contributed by atoms with Crippen LogP contribution >= 0.6 is 0 Å². The quantitative estimate of drug-likeness (QED) is 0.597. The Balaban J connectivity index is 2.04. The highest BCUT2D eigenvalue weighted by Gasteiger charge is 2.17. The van der Waals surface area contributed by atoms with Gasteiger partial charge in [-0.3, -0.25) is 0 Å². The van der Waals surface area contributed by atoms with Gasteiger partial charge in [0.2, 0.25) is 0 Å². The molecule has 0 unspecified atom stereocenters. The van der Waals surface area contributed by atoms with Crippen LogP contribution in [0.4, 0.5) is 0 Å². The molecule has 0 aliphatic heterocycles. The largest absolute Gasteiger partial charge is 0.469 e. The smallest absolute Gasteiger partial charge is 0.110 e. The molecule has 1 nitrogen and oxygen atoms in total. The Hall–Kier alpha value is -0.720. The van der Waals surface area contributed by atoms with Gasteiger partial charge in [-0.05, 0) is 25.0 Å². The molecule has 0 N–H and O–H groups in total. The minimum absolute atomic E-state index is 1.12. The molecule has 0 bridgehead atoms. The molecule has 0 atom stereocenters. The summed E-state index contributed by atoms with van der Waals surface area (Å²) in [6.45, 7) is 0. The van der Waals surface area contributed by atoms with Crippen LogP contribution in [0.3, 0.4) is 0 Å². The molecule has 1 fully saturated rings. The Morgan fingerprint density at radius 2 is 1.91 bits per heavy atom. The lowest BCUT2D eigenvalue weighted by atomic mass is 9.88. The molecular formula is C10H13O. The normalized spacial score (nSPS) is 20.4. The molecule has 1 saturated carbocycles. The molecule has 1 aliphatic carbocycles. The van der Waals surface area contributed by atoms with E-state index in [1.807, 2.05) is 6.07 Å². The zero-order chi connectivity index (χ0) is 7.52. The average Bonchev–Trinajstić information content (AvgIpc) is 2.58. The van der Waals surface area contributed by atoms with Crippen molar-refractivity contribution in [2.75, 3.05) is 0 Å². The van der Waals surface area contributed by atoms with Gasteiger partial charge in [-0.1, -0.05) is 19.3 Å². The Kier molecular flexibility index (Phi) is 1.97. The summed E-state index contributed by atoms with van der Waals surface area (Å²) in [5.74, 6) is 2.63. The van der Waals surface area contributed by atoms with E-state index in [1.165, 1.54) is 38.0 Å². The highest BCUT2D eigenvalue weighted by molar-refractivity contribution is 5.20. The van der Waals surface area contributed by atoms with Crippen LogP contribution in [-0.4, -0.2) is 0 Å². The first-order valence-electron chi connectivity index (χ1n) is 4.35. The fourth-order valence-corrected chi connectivity index (χ4v) is 1.70. The molecule has 59 valence electrons. The molecule has 1 heteroatoms. The van der Waals surface area contributed by atoms with Gasteiger partial charge in [0.1, 0.15) is 5.76 Å². The standard InChI is InChI=1S/C10H13O/c1-2-5-9(6-3-1)10-7-4-8-11-10/h4,7-8H,1-3,5-6H2. The lowest BCUT2D eigenvalue weighted by Crippen LogP contribution is -2.03. The van der Waals surface area contributed by atoms with Crippen LogP contribution in [0.5, 0.6) is 0 Å². The van der Waals surface area contributed by atoms with Gasteiger partial charge in [0.15, 0.2) is 0 Å². The maximum absolute atomic E-state index is 5.34. The van der Waals surface area contributed by atoms with Crippen LogP contribution in [-0.2, 0) is 0 Å². The van der Waals surface area contributed by atoms with Crippen molar-refractivity contribution in [3.8, 4) is 0 Å². The molecule has 0 aromatic carbocycles. The first-order chi connectivity index (χ1) is 5.47. The van der Waals surface area contributed by atoms with E-state index in [0.29, 0.717) is 0 Å². The SMILES string of the molecule is c1coc([C]2CCCCC2)c1. The van der Waals surface area contributed by atoms with Crippen LogP contribution < -0.4 is 0 Å². The fourth-order valence-electron chi connectivity index (χ4n) is 1.70. The summed E-state index contributed by atoms with van der Waals surface area (Å²) in [6, 6.07) is 4.04. The Morgan fingerprint density at radius 1 is 1.09 bits per heavy atom. The zero-order valence-corrected chi connectivity index (χ0v) is 6.68. The summed E-state index contributed by atoms with van der Waals surface area (Å²) in [7, 11) is 0. The van der Waals surface area contributed by atoms with E-state index in [9.17, 15) is 0 Å². The monoisotopic (exact) mass is 149 g/mol. The highest BCUT2D eigenvalue weighted by Crippen LogP contribution is 2.31. The summed E-state index contributed by atoms with van der Waals surface area (Å²) < 4.78 is 5.34. The third kappa shape index (κ3) is 1.47. The van der Waals surface area contributed by atoms with E-state index in [1.54, 1.807) is 6.26 Å². The second-order valence-corrected chi connectivity index (χ2v) is 3.14. The first kappa shape index (κ1) is 6.96. The van der Waals surface area contributed by atoms with E-state index in [0.717, 1.165) is 5.76 Å². The molecule has 2 rings (SSSR count). The molecule has 0 spiro atoms. The van der Waals surface area contributed by atoms with Gasteiger partial charge < -0.3 is 4.42 Å². The van der Waals surface area contributed by atoms with Crippen molar-refractivity contribution >= 4 is 0 Å². The lowest BCUT2D eigenvalue weighted by Gasteiger charge is -2.18. The maximum Gasteiger partial charge on any atom is 0.110 e. The summed E-state index contributed by atoms with van der Waals surface area (Å²) in [4.78, 5) is 0. The van der Waals surface area contributed by atoms with Crippen LogP contribution in [0, 0.1) is 5.92 Å². The third-order valence-electron chi connectivity index (χ3n) is 2.33. The second-order valence-electron chi connectivity index (χ2n) is 3.14. The number of hydrogen-bond acceptors (Lipinski definition) is 1. The zero-order valence-electron chi connectivity index (χ0n) is 6.68. The Bertz CT molecular complexity index is 195. The van der Waals surface area contributed by atoms with Crippen molar-refractivity contribution in [2.24, 2.45) is 0 Å². The molecule has 11 heavy (non-hydrogen) atoms. The van der Waals surface area contributed by atoms with Crippen molar-refractivity contribution in [1.29, 1.82) is 0 Å². The van der Waals surface area contributed by atoms with Gasteiger partial charge in [-0.2, -0.15) is 0 Å². The predicted molar refractivity (Wildman–Crippen MR) is 44.1 cm³/mol. The van der Waals surface area contributed by atoms with E-state index in [2.05, 4.69) is 6.07 Å². The van der Waals surface area contributed by atoms with Gasteiger partial charge >= 0.3 is 0 Å². The second kappa shape index (κ2) is 3.12. The van der Waals surface area contributed by atoms with Gasteiger partial charge in [0.05, 0.1) is 6.26 Å². The van der Waals surface area contributed by atoms with Crippen molar-refractivity contribution in [3.05, 3.63) is 30.1 Å². The van der Waals surface area contributed by atoms with E-state index in [-0.39, 0.29) is 0 Å². The summed E-state index contributed by atoms with van der Waals surface area (Å²) in [5, 5.41) is 0. The maximum atomic E-state index is 5.34. The van der Waals surface area contributed by atoms with E-state index >= 15 is 0 Å². The minimum atomic E-state index is 1.12. The minimum Gasteiger partial charge on any atom is -0.469 e. The lowest BCUT2D eigenvalue weighted by molar-refractivity contribution is 0.465. The Labute approximate surface area is 67.4 Å². The summed E-state index contributed by atoms with van der Waals surface area (Å²) >= 11 is 0. The average molecular weight is 149 g/mol. The molecule has 0 amide bonds. The van der Waals surface area contributed by atoms with Crippen LogP contribution in [0.1, 0.15) is 37.9 Å². The van der Waals surface area contributed by atoms with Crippen molar-refractivity contribution < 1.29 is 4.42 Å². The number of furan rings is 1. The third-order valence-corrected chi connectivity index (χ3v) is 2.33. The molecule has 1 aromatic rings. The molecule has 1 heterocycles. The van der Waals surface area contributed by atoms with E-state index < -0.39 is 0 Å². The molecule has 1 aliphatic rings. The molecule has 1 aromatic heterocycles. The number of rotatable bonds is 1. The van der Waals surface area contributed by atoms with Gasteiger partial charge in [-0.15, -0.1) is 0 Å². The van der Waals surface area contributed by atoms with Gasteiger partial charge in [0.25, 0.3) is 0 Å². The van der Waals surface area contributed by atoms with Crippen LogP contribution in [0.15, 0.2) is 22.8 Å². The molecule has 0 saturated heterocycles. The molecular weight excluding hydrogens is 136 g/mol. The predicted octanol–water partition coefficient (Wildman–Crippen LogP) is 3.17. The van der Waals surface area contributed by atoms with Crippen molar-refractivity contribution in [1.82, 2.24) is 0 Å². The van der Waals surface area contributed by atoms with Crippen molar-refractivity contribution in [2.45, 2.75) is 32.1 Å². The molecule has 1 radical (unpaired) electrons. The first-order valence-corrected chi connectivity index (χ1v) is 4.35. The highest BCUT2D eigenvalue weighted by atomic mass is 16.3. The van der Waals surface area contributed by atoms with Crippen LogP contribution in [0.2, 0.25) is 0 Å². The summed E-state index contributed by atoms with van der Waals surface area (Å²) in [5.41, 5.74) is 0. The Morgan fingerprint density at radius 3 is 2.55 bits per heavy atom. The number of hydrogen-bond donors (Lipinski definition) is 0. The topological polar surface area (TPSA) is 13.1 Å². The van der Waals surface area contributed by atoms with Gasteiger partial charge in [-0.25, -0.2) is 0 Å². The van der Waals surface area contributed by atoms with Gasteiger partial charge in [0, 0.05) is 5.92 Å². The van der Waals surface area contributed by atoms with E-state index in [4.69, 9.17) is 4.42 Å². The van der Waals surface area contributed by atoms with Crippen LogP contribution in [0.25, 0.3) is 0 Å². The van der Waals surface area contributed by atoms with Crippen molar-refractivity contribution in [3.63, 3.8) is 0 Å². The fraction of sp³-hybridized carbons (Fsp3) is 0.500.